The van der Waals surface area contributed by atoms with E-state index < -0.39 is 238 Å². The zero-order valence-corrected chi connectivity index (χ0v) is 54.6. The van der Waals surface area contributed by atoms with Crippen LogP contribution < -0.4 is 64.6 Å². The molecule has 96 heavy (non-hydrogen) atoms. The molecule has 0 radical (unpaired) electrons. The lowest BCUT2D eigenvalue weighted by atomic mass is 10.0. The molecule has 3 aliphatic rings. The summed E-state index contributed by atoms with van der Waals surface area (Å²) in [5.74, 6) is -17.7. The molecule has 37 nitrogen and oxygen atoms in total. The van der Waals surface area contributed by atoms with Gasteiger partial charge in [0.25, 0.3) is 0 Å². The Morgan fingerprint density at radius 3 is 1.31 bits per heavy atom. The highest BCUT2D eigenvalue weighted by atomic mass is 16.4. The number of carboxylic acids is 4. The van der Waals surface area contributed by atoms with E-state index in [-0.39, 0.29) is 77.0 Å². The zero-order valence-electron chi connectivity index (χ0n) is 54.6. The molecule has 3 heterocycles. The first-order valence-corrected chi connectivity index (χ1v) is 32.0. The molecule has 0 aromatic heterocycles. The van der Waals surface area contributed by atoms with E-state index in [1.165, 1.54) is 16.7 Å². The van der Waals surface area contributed by atoms with Gasteiger partial charge in [-0.25, -0.2) is 4.79 Å². The molecule has 11 atom stereocenters. The van der Waals surface area contributed by atoms with E-state index in [9.17, 15) is 107 Å². The summed E-state index contributed by atoms with van der Waals surface area (Å²) in [4.78, 5) is 226. The molecule has 538 valence electrons. The molecule has 0 aromatic carbocycles. The molecule has 37 heteroatoms. The second-order valence-corrected chi connectivity index (χ2v) is 24.5. The number of carbonyl (C=O) groups is 17. The largest absolute Gasteiger partial charge is 0.481 e. The third-order valence-corrected chi connectivity index (χ3v) is 16.1. The molecule has 0 bridgehead atoms. The molecule has 13 amide bonds. The van der Waals surface area contributed by atoms with Crippen LogP contribution in [0, 0.1) is 11.8 Å². The molecule has 0 aromatic rings. The Bertz CT molecular complexity index is 2830. The number of carbonyl (C=O) groups excluding carboxylic acids is 13. The molecular weight excluding hydrogens is 1270 g/mol. The first-order chi connectivity index (χ1) is 45.2. The summed E-state index contributed by atoms with van der Waals surface area (Å²) in [6.45, 7) is 5.26. The highest BCUT2D eigenvalue weighted by Crippen LogP contribution is 2.25. The van der Waals surface area contributed by atoms with Crippen LogP contribution in [0.4, 0.5) is 0 Å². The van der Waals surface area contributed by atoms with Gasteiger partial charge in [-0.15, -0.1) is 0 Å². The molecular formula is C59H95N15O22. The SMILES string of the molecule is CC(C)C[C@H](NC(=O)[C@@H]1CCCN1C(=O)[C@H](CCC(=O)O)NC(=O)[C@H](CCC(=O)O)NC(=O)CNC(=O)CNC(=O)[C@H](CCCCN)NC(=O)[C@H](C)NC(=O)[C@@H]1CCCN1C(=O)[C@@H](N)CO)C(=O)N1CCC[C@H]1C(=O)N[C@@H](CCC(=O)O)C(=O)NCC(=O)N[C@H](C(=O)O)C(C)C. The summed E-state index contributed by atoms with van der Waals surface area (Å²) in [6, 6.07) is -14.8. The lowest BCUT2D eigenvalue weighted by Crippen LogP contribution is -2.59. The van der Waals surface area contributed by atoms with Crippen LogP contribution in [-0.2, 0) is 81.5 Å². The monoisotopic (exact) mass is 1370 g/mol. The minimum Gasteiger partial charge on any atom is -0.481 e. The van der Waals surface area contributed by atoms with Crippen LogP contribution in [-0.4, -0.2) is 260 Å². The molecule has 3 aliphatic heterocycles. The van der Waals surface area contributed by atoms with Crippen molar-refractivity contribution in [1.29, 1.82) is 0 Å². The first-order valence-electron chi connectivity index (χ1n) is 32.0. The number of aliphatic hydroxyl groups excluding tert-OH is 1. The lowest BCUT2D eigenvalue weighted by molar-refractivity contribution is -0.145. The number of hydrogen-bond acceptors (Lipinski definition) is 20. The molecule has 0 spiro atoms. The first kappa shape index (κ1) is 81.1. The van der Waals surface area contributed by atoms with Crippen molar-refractivity contribution in [2.45, 2.75) is 204 Å². The zero-order chi connectivity index (χ0) is 72.1. The van der Waals surface area contributed by atoms with Crippen molar-refractivity contribution in [1.82, 2.24) is 67.9 Å². The Labute approximate surface area is 553 Å². The van der Waals surface area contributed by atoms with E-state index in [4.69, 9.17) is 11.5 Å². The van der Waals surface area contributed by atoms with Gasteiger partial charge in [-0.05, 0) is 109 Å². The summed E-state index contributed by atoms with van der Waals surface area (Å²) < 4.78 is 0. The maximum atomic E-state index is 14.5. The van der Waals surface area contributed by atoms with E-state index in [1.807, 2.05) is 0 Å². The van der Waals surface area contributed by atoms with Gasteiger partial charge in [0.05, 0.1) is 26.2 Å². The molecule has 3 saturated heterocycles. The maximum Gasteiger partial charge on any atom is 0.326 e. The molecule has 3 rings (SSSR count). The second kappa shape index (κ2) is 40.3. The minimum atomic E-state index is -1.73. The minimum absolute atomic E-state index is 0.00108. The van der Waals surface area contributed by atoms with Gasteiger partial charge in [-0.2, -0.15) is 0 Å². The number of carboxylic acid groups (broad SMARTS) is 4. The Balaban J connectivity index is 1.71. The predicted molar refractivity (Wildman–Crippen MR) is 333 cm³/mol. The smallest absolute Gasteiger partial charge is 0.326 e. The predicted octanol–water partition coefficient (Wildman–Crippen LogP) is -6.45. The van der Waals surface area contributed by atoms with Crippen LogP contribution in [0.5, 0.6) is 0 Å². The standard InChI is InChI=1S/C59H95N15O22/c1-30(2)25-38(58(94)74-24-10-13-40(74)54(90)68-35(15-18-45(79)80)51(87)64-28-44(78)71-48(31(3)4)59(95)96)70-55(91)41-14-9-23-73(41)57(93)37(17-20-47(83)84)69-52(88)36(16-19-46(81)82)66-43(77)27-62-42(76)26-63-50(86)34(11-6-7-21-60)67-49(85)32(5)65-53(89)39-12-8-22-72(39)56(92)33(61)29-75/h30-41,48,75H,6-29,60-61H2,1-5H3,(H,62,76)(H,63,86)(H,64,87)(H,65,89)(H,66,77)(H,67,85)(H,68,90)(H,69,88)(H,70,91)(H,71,78)(H,79,80)(H,81,82)(H,83,84)(H,95,96)/t32-,33-,34-,35-,36-,37-,38-,39-,40-,41-,48-/m0/s1. The maximum absolute atomic E-state index is 14.5. The number of aliphatic carboxylic acids is 4. The van der Waals surface area contributed by atoms with Crippen molar-refractivity contribution < 1.29 is 107 Å². The fourth-order valence-corrected chi connectivity index (χ4v) is 10.9. The lowest BCUT2D eigenvalue weighted by Gasteiger charge is -2.33. The number of nitrogens with two attached hydrogens (primary N) is 2. The molecule has 0 aliphatic carbocycles. The van der Waals surface area contributed by atoms with E-state index in [0.29, 0.717) is 19.3 Å². The van der Waals surface area contributed by atoms with Crippen LogP contribution in [0.2, 0.25) is 0 Å². The van der Waals surface area contributed by atoms with Gasteiger partial charge in [0.1, 0.15) is 66.5 Å². The number of aliphatic hydroxyl groups is 1. The quantitative estimate of drug-likeness (QED) is 0.0253. The number of nitrogens with one attached hydrogen (secondary N) is 10. The fourth-order valence-electron chi connectivity index (χ4n) is 10.9. The van der Waals surface area contributed by atoms with Crippen molar-refractivity contribution in [3.05, 3.63) is 0 Å². The van der Waals surface area contributed by atoms with Crippen LogP contribution in [0.1, 0.15) is 137 Å². The Kier molecular flexibility index (Phi) is 34.1. The molecule has 3 fully saturated rings. The summed E-state index contributed by atoms with van der Waals surface area (Å²) in [5.41, 5.74) is 11.3. The fraction of sp³-hybridized carbons (Fsp3) is 0.712. The normalized spacial score (nSPS) is 18.4. The highest BCUT2D eigenvalue weighted by Gasteiger charge is 2.44. The number of nitrogens with zero attached hydrogens (tertiary/aromatic N) is 3. The third-order valence-electron chi connectivity index (χ3n) is 16.1. The third kappa shape index (κ3) is 26.6. The highest BCUT2D eigenvalue weighted by molar-refractivity contribution is 6.00. The van der Waals surface area contributed by atoms with Gasteiger partial charge in [0.15, 0.2) is 0 Å². The number of unbranched alkanes of at least 4 members (excludes halogenated alkanes) is 1. The molecule has 0 saturated carbocycles. The van der Waals surface area contributed by atoms with Crippen molar-refractivity contribution in [2.24, 2.45) is 23.3 Å². The van der Waals surface area contributed by atoms with Crippen LogP contribution in [0.3, 0.4) is 0 Å². The van der Waals surface area contributed by atoms with Gasteiger partial charge >= 0.3 is 23.9 Å². The summed E-state index contributed by atoms with van der Waals surface area (Å²) in [7, 11) is 0. The summed E-state index contributed by atoms with van der Waals surface area (Å²) >= 11 is 0. The second-order valence-electron chi connectivity index (χ2n) is 24.5. The van der Waals surface area contributed by atoms with Gasteiger partial charge < -0.3 is 105 Å². The number of amides is 13. The van der Waals surface area contributed by atoms with E-state index in [2.05, 4.69) is 53.2 Å². The van der Waals surface area contributed by atoms with Gasteiger partial charge in [-0.3, -0.25) is 76.7 Å². The van der Waals surface area contributed by atoms with Gasteiger partial charge in [0, 0.05) is 38.9 Å². The van der Waals surface area contributed by atoms with Crippen LogP contribution in [0.25, 0.3) is 0 Å². The van der Waals surface area contributed by atoms with E-state index in [0.717, 1.165) is 4.90 Å². The average molecular weight is 1370 g/mol. The number of likely N-dealkylation sites (tertiary alicyclic amines) is 3. The Morgan fingerprint density at radius 1 is 0.448 bits per heavy atom. The van der Waals surface area contributed by atoms with Crippen molar-refractivity contribution in [3.8, 4) is 0 Å². The van der Waals surface area contributed by atoms with Crippen molar-refractivity contribution in [3.63, 3.8) is 0 Å². The topological polar surface area (TPSA) is 573 Å². The number of rotatable bonds is 41. The van der Waals surface area contributed by atoms with Gasteiger partial charge in [0.2, 0.25) is 76.8 Å². The Hall–Kier alpha value is -9.13. The van der Waals surface area contributed by atoms with Gasteiger partial charge in [-0.1, -0.05) is 27.7 Å². The summed E-state index contributed by atoms with van der Waals surface area (Å²) in [6.07, 6.45) is -1.55. The van der Waals surface area contributed by atoms with E-state index >= 15 is 0 Å². The molecule has 19 N–H and O–H groups in total. The van der Waals surface area contributed by atoms with E-state index in [1.54, 1.807) is 27.7 Å². The average Bonchev–Trinajstić information content (AvgIpc) is 1.61. The van der Waals surface area contributed by atoms with Crippen molar-refractivity contribution >= 4 is 101 Å². The van der Waals surface area contributed by atoms with Crippen molar-refractivity contribution in [2.75, 3.05) is 52.4 Å². The Morgan fingerprint density at radius 2 is 0.854 bits per heavy atom. The molecule has 0 unspecified atom stereocenters. The van der Waals surface area contributed by atoms with Crippen LogP contribution in [0.15, 0.2) is 0 Å². The number of hydrogen-bond donors (Lipinski definition) is 17. The van der Waals surface area contributed by atoms with Crippen LogP contribution >= 0.6 is 0 Å². The summed E-state index contributed by atoms with van der Waals surface area (Å²) in [5, 5.41) is 71.3.